The maximum atomic E-state index is 12.5. The van der Waals surface area contributed by atoms with Gasteiger partial charge in [0.15, 0.2) is 6.10 Å². The van der Waals surface area contributed by atoms with Crippen LogP contribution in [-0.4, -0.2) is 69.2 Å². The largest absolute Gasteiger partial charge is 0.469 e. The van der Waals surface area contributed by atoms with Crippen LogP contribution in [0.5, 0.6) is 0 Å². The lowest BCUT2D eigenvalue weighted by molar-refractivity contribution is -0.161. The number of carbonyl (C=O) groups is 3. The molecule has 11 nitrogen and oxygen atoms in total. The fourth-order valence-electron chi connectivity index (χ4n) is 6.01. The summed E-state index contributed by atoms with van der Waals surface area (Å²) in [5.74, 6) is -0.835. The van der Waals surface area contributed by atoms with Gasteiger partial charge in [-0.3, -0.25) is 18.9 Å². The van der Waals surface area contributed by atoms with E-state index in [4.69, 9.17) is 19.3 Å². The van der Waals surface area contributed by atoms with Crippen LogP contribution in [-0.2, 0) is 32.9 Å². The molecule has 1 saturated carbocycles. The minimum Gasteiger partial charge on any atom is -0.462 e. The van der Waals surface area contributed by atoms with Gasteiger partial charge in [0, 0.05) is 31.1 Å². The predicted molar refractivity (Wildman–Crippen MR) is 185 cm³/mol. The summed E-state index contributed by atoms with van der Waals surface area (Å²) in [4.78, 5) is 55.3. The highest BCUT2D eigenvalue weighted by Gasteiger charge is 2.39. The molecular formula is C36H65O11P. The van der Waals surface area contributed by atoms with Crippen molar-refractivity contribution in [1.82, 2.24) is 0 Å². The summed E-state index contributed by atoms with van der Waals surface area (Å²) in [6.07, 6.45) is 17.2. The molecule has 0 saturated heterocycles. The molecule has 1 aliphatic rings. The van der Waals surface area contributed by atoms with Crippen molar-refractivity contribution in [2.45, 2.75) is 167 Å². The van der Waals surface area contributed by atoms with Gasteiger partial charge in [0.25, 0.3) is 0 Å². The van der Waals surface area contributed by atoms with Crippen LogP contribution in [0.1, 0.15) is 149 Å². The Morgan fingerprint density at radius 1 is 0.875 bits per heavy atom. The second kappa shape index (κ2) is 26.2. The number of hydrogen-bond acceptors (Lipinski definition) is 9. The van der Waals surface area contributed by atoms with Crippen LogP contribution in [0, 0.1) is 17.8 Å². The third-order valence-electron chi connectivity index (χ3n) is 9.22. The van der Waals surface area contributed by atoms with Gasteiger partial charge in [-0.15, -0.1) is 0 Å². The molecule has 1 rings (SSSR count). The van der Waals surface area contributed by atoms with E-state index < -0.39 is 44.7 Å². The predicted octanol–water partition coefficient (Wildman–Crippen LogP) is 7.12. The number of carbonyl (C=O) groups excluding carboxylic acids is 3. The summed E-state index contributed by atoms with van der Waals surface area (Å²) in [6, 6.07) is 0. The Bertz CT molecular complexity index is 966. The lowest BCUT2D eigenvalue weighted by Gasteiger charge is -2.19. The lowest BCUT2D eigenvalue weighted by atomic mass is 9.88. The number of Topliss-reactive ketones (excluding diaryl/α,β-unsaturated/α-hetero) is 1. The second-order valence-electron chi connectivity index (χ2n) is 13.6. The number of esters is 2. The van der Waals surface area contributed by atoms with Crippen LogP contribution in [0.2, 0.25) is 0 Å². The van der Waals surface area contributed by atoms with Crippen molar-refractivity contribution >= 4 is 25.5 Å². The zero-order chi connectivity index (χ0) is 35.8. The molecule has 0 bridgehead atoms. The zero-order valence-corrected chi connectivity index (χ0v) is 30.7. The van der Waals surface area contributed by atoms with Gasteiger partial charge in [-0.05, 0) is 31.6 Å². The second-order valence-corrected chi connectivity index (χ2v) is 14.8. The first-order chi connectivity index (χ1) is 22.9. The normalized spacial score (nSPS) is 20.2. The van der Waals surface area contributed by atoms with E-state index in [1.165, 1.54) is 25.7 Å². The Kier molecular flexibility index (Phi) is 24.3. The summed E-state index contributed by atoms with van der Waals surface area (Å²) >= 11 is 0. The van der Waals surface area contributed by atoms with Crippen molar-refractivity contribution < 1.29 is 52.9 Å². The zero-order valence-electron chi connectivity index (χ0n) is 29.8. The Hall–Kier alpha value is -1.62. The van der Waals surface area contributed by atoms with E-state index in [2.05, 4.69) is 25.3 Å². The van der Waals surface area contributed by atoms with E-state index in [0.29, 0.717) is 32.1 Å². The van der Waals surface area contributed by atoms with Crippen LogP contribution < -0.4 is 0 Å². The quantitative estimate of drug-likeness (QED) is 0.0270. The van der Waals surface area contributed by atoms with E-state index in [1.54, 1.807) is 12.2 Å². The monoisotopic (exact) mass is 704 g/mol. The molecule has 0 aliphatic heterocycles. The molecule has 0 amide bonds. The number of hydrogen-bond donors (Lipinski definition) is 4. The number of phosphoric acid groups is 1. The minimum absolute atomic E-state index is 0.0355. The number of phosphoric ester groups is 1. The van der Waals surface area contributed by atoms with Gasteiger partial charge < -0.3 is 29.5 Å². The third kappa shape index (κ3) is 22.2. The summed E-state index contributed by atoms with van der Waals surface area (Å²) in [5.41, 5.74) is 0. The molecule has 0 radical (unpaired) electrons. The number of ketones is 1. The molecule has 280 valence electrons. The van der Waals surface area contributed by atoms with Gasteiger partial charge in [0.2, 0.25) is 0 Å². The fraction of sp³-hybridized carbons (Fsp3) is 0.861. The molecule has 1 unspecified atom stereocenters. The summed E-state index contributed by atoms with van der Waals surface area (Å²) < 4.78 is 26.2. The number of unbranched alkanes of at least 4 members (excludes halogenated alkanes) is 10. The van der Waals surface area contributed by atoms with Gasteiger partial charge >= 0.3 is 19.8 Å². The third-order valence-corrected chi connectivity index (χ3v) is 9.70. The first-order valence-corrected chi connectivity index (χ1v) is 20.0. The van der Waals surface area contributed by atoms with Crippen LogP contribution in [0.25, 0.3) is 0 Å². The molecule has 0 aromatic rings. The topological polar surface area (TPSA) is 177 Å². The van der Waals surface area contributed by atoms with Crippen LogP contribution in [0.4, 0.5) is 0 Å². The minimum atomic E-state index is -4.81. The summed E-state index contributed by atoms with van der Waals surface area (Å²) in [5, 5.41) is 20.6. The number of ether oxygens (including phenoxy) is 2. The number of aliphatic hydroxyl groups is 2. The van der Waals surface area contributed by atoms with E-state index in [1.807, 2.05) is 0 Å². The van der Waals surface area contributed by atoms with Crippen LogP contribution >= 0.6 is 7.82 Å². The van der Waals surface area contributed by atoms with Crippen molar-refractivity contribution in [3.63, 3.8) is 0 Å². The smallest absolute Gasteiger partial charge is 0.462 e. The van der Waals surface area contributed by atoms with Crippen molar-refractivity contribution in [2.75, 3.05) is 13.2 Å². The van der Waals surface area contributed by atoms with Gasteiger partial charge in [-0.2, -0.15) is 0 Å². The SMILES string of the molecule is CCCCC[C@H](O)/C=C/[C@H]1[C@H](O)CC(=O)[C@@H]1CCCCCCC(=O)O[C@H](COC(=O)CCCCCCCCC(C)CC)COP(=O)(O)O. The van der Waals surface area contributed by atoms with Crippen molar-refractivity contribution in [3.8, 4) is 0 Å². The maximum absolute atomic E-state index is 12.5. The molecule has 0 aromatic heterocycles. The Labute approximate surface area is 288 Å². The Morgan fingerprint density at radius 3 is 2.12 bits per heavy atom. The fourth-order valence-corrected chi connectivity index (χ4v) is 6.37. The molecule has 4 N–H and O–H groups in total. The molecule has 1 fully saturated rings. The lowest BCUT2D eigenvalue weighted by Crippen LogP contribution is -2.29. The van der Waals surface area contributed by atoms with Gasteiger partial charge in [0.1, 0.15) is 12.4 Å². The highest BCUT2D eigenvalue weighted by Crippen LogP contribution is 2.36. The molecule has 0 aromatic carbocycles. The Morgan fingerprint density at radius 2 is 1.48 bits per heavy atom. The van der Waals surface area contributed by atoms with Gasteiger partial charge in [0.05, 0.1) is 18.8 Å². The molecule has 12 heteroatoms. The summed E-state index contributed by atoms with van der Waals surface area (Å²) in [6.45, 7) is 5.62. The average molecular weight is 705 g/mol. The number of rotatable bonds is 29. The first kappa shape index (κ1) is 44.4. The molecule has 48 heavy (non-hydrogen) atoms. The van der Waals surface area contributed by atoms with E-state index in [0.717, 1.165) is 57.3 Å². The molecule has 0 heterocycles. The maximum Gasteiger partial charge on any atom is 0.469 e. The molecule has 1 aliphatic carbocycles. The highest BCUT2D eigenvalue weighted by atomic mass is 31.2. The summed E-state index contributed by atoms with van der Waals surface area (Å²) in [7, 11) is -4.81. The Balaban J connectivity index is 2.35. The van der Waals surface area contributed by atoms with Crippen LogP contribution in [0.3, 0.4) is 0 Å². The van der Waals surface area contributed by atoms with E-state index in [-0.39, 0.29) is 43.5 Å². The van der Waals surface area contributed by atoms with Crippen molar-refractivity contribution in [3.05, 3.63) is 12.2 Å². The molecule has 0 spiro atoms. The van der Waals surface area contributed by atoms with Gasteiger partial charge in [-0.25, -0.2) is 4.57 Å². The highest BCUT2D eigenvalue weighted by molar-refractivity contribution is 7.46. The number of aliphatic hydroxyl groups excluding tert-OH is 2. The molecule has 6 atom stereocenters. The standard InChI is InChI=1S/C36H65O11P/c1-4-6-13-19-29(37)23-24-32-31(33(38)25-34(32)39)20-15-11-12-17-22-36(41)47-30(27-46-48(42,43)44)26-45-35(40)21-16-10-8-7-9-14-18-28(3)5-2/h23-24,28-32,34,37,39H,4-22,25-27H2,1-3H3,(H2,42,43,44)/b24-23+/t28?,29-,30+,31+,32+,34+/m0/s1. The molecular weight excluding hydrogens is 639 g/mol. The van der Waals surface area contributed by atoms with E-state index in [9.17, 15) is 29.2 Å². The average Bonchev–Trinajstić information content (AvgIpc) is 3.30. The van der Waals surface area contributed by atoms with Crippen molar-refractivity contribution in [1.29, 1.82) is 0 Å². The van der Waals surface area contributed by atoms with E-state index >= 15 is 0 Å². The van der Waals surface area contributed by atoms with Crippen LogP contribution in [0.15, 0.2) is 12.2 Å². The van der Waals surface area contributed by atoms with Gasteiger partial charge in [-0.1, -0.05) is 116 Å². The first-order valence-electron chi connectivity index (χ1n) is 18.5. The van der Waals surface area contributed by atoms with Crippen molar-refractivity contribution in [2.24, 2.45) is 17.8 Å².